The number of phenolic OH excluding ortho intramolecular Hbond substituents is 1. The lowest BCUT2D eigenvalue weighted by atomic mass is 9.82. The molecule has 1 aromatic rings. The molecule has 0 aromatic heterocycles. The maximum atomic E-state index is 12.9. The Morgan fingerprint density at radius 3 is 2.75 bits per heavy atom. The third-order valence-electron chi connectivity index (χ3n) is 4.54. The standard InChI is InChI=1S/C23H26N2O6S/c1-5-9-30-19(27)13-32-22-16(12-24)21(15-7-8-17(26)18(11-15)29-4)20(14(3)25-22)23(28)31-10-6-2/h6-8,11,21,25-26H,2,5,9-10,13H2,1,3-4H3/t21-/m1/s1. The molecule has 1 aliphatic rings. The van der Waals surface area contributed by atoms with Crippen LogP contribution in [0.15, 0.2) is 52.7 Å². The van der Waals surface area contributed by atoms with E-state index in [2.05, 4.69) is 18.0 Å². The van der Waals surface area contributed by atoms with Crippen molar-refractivity contribution in [3.8, 4) is 17.6 Å². The summed E-state index contributed by atoms with van der Waals surface area (Å²) in [6, 6.07) is 6.77. The second-order valence-corrected chi connectivity index (χ2v) is 7.76. The van der Waals surface area contributed by atoms with Crippen LogP contribution in [-0.4, -0.2) is 43.1 Å². The van der Waals surface area contributed by atoms with Crippen LogP contribution in [0.2, 0.25) is 0 Å². The Morgan fingerprint density at radius 1 is 1.38 bits per heavy atom. The van der Waals surface area contributed by atoms with Crippen molar-refractivity contribution in [2.45, 2.75) is 26.2 Å². The fourth-order valence-electron chi connectivity index (χ4n) is 3.11. The highest BCUT2D eigenvalue weighted by Gasteiger charge is 2.36. The minimum Gasteiger partial charge on any atom is -0.504 e. The molecular weight excluding hydrogens is 432 g/mol. The zero-order valence-corrected chi connectivity index (χ0v) is 19.1. The van der Waals surface area contributed by atoms with Gasteiger partial charge >= 0.3 is 11.9 Å². The number of rotatable bonds is 10. The van der Waals surface area contributed by atoms with Gasteiger partial charge in [-0.1, -0.05) is 37.4 Å². The molecule has 0 radical (unpaired) electrons. The highest BCUT2D eigenvalue weighted by molar-refractivity contribution is 8.03. The number of hydrogen-bond acceptors (Lipinski definition) is 9. The van der Waals surface area contributed by atoms with E-state index in [1.807, 2.05) is 6.92 Å². The van der Waals surface area contributed by atoms with Gasteiger partial charge in [0.1, 0.15) is 6.61 Å². The van der Waals surface area contributed by atoms with Crippen LogP contribution >= 0.6 is 11.8 Å². The number of benzene rings is 1. The fraction of sp³-hybridized carbons (Fsp3) is 0.348. The molecule has 1 atom stereocenters. The Morgan fingerprint density at radius 2 is 2.12 bits per heavy atom. The van der Waals surface area contributed by atoms with Gasteiger partial charge in [0, 0.05) is 5.70 Å². The Kier molecular flexibility index (Phi) is 9.22. The van der Waals surface area contributed by atoms with Gasteiger partial charge in [-0.2, -0.15) is 5.26 Å². The monoisotopic (exact) mass is 458 g/mol. The van der Waals surface area contributed by atoms with Gasteiger partial charge < -0.3 is 24.6 Å². The number of esters is 2. The largest absolute Gasteiger partial charge is 0.504 e. The average molecular weight is 459 g/mol. The van der Waals surface area contributed by atoms with Crippen molar-refractivity contribution < 1.29 is 28.9 Å². The van der Waals surface area contributed by atoms with Crippen molar-refractivity contribution in [3.63, 3.8) is 0 Å². The molecule has 1 aliphatic heterocycles. The summed E-state index contributed by atoms with van der Waals surface area (Å²) in [5.41, 5.74) is 1.52. The van der Waals surface area contributed by atoms with Gasteiger partial charge in [0.2, 0.25) is 0 Å². The summed E-state index contributed by atoms with van der Waals surface area (Å²) in [5, 5.41) is 23.5. The number of nitriles is 1. The topological polar surface area (TPSA) is 118 Å². The average Bonchev–Trinajstić information content (AvgIpc) is 2.79. The van der Waals surface area contributed by atoms with Crippen molar-refractivity contribution in [1.82, 2.24) is 5.32 Å². The highest BCUT2D eigenvalue weighted by Crippen LogP contribution is 2.43. The first-order valence-corrected chi connectivity index (χ1v) is 10.9. The normalized spacial score (nSPS) is 15.5. The van der Waals surface area contributed by atoms with E-state index < -0.39 is 17.9 Å². The molecule has 0 bridgehead atoms. The molecule has 0 unspecified atom stereocenters. The van der Waals surface area contributed by atoms with Gasteiger partial charge in [-0.05, 0) is 31.0 Å². The van der Waals surface area contributed by atoms with Crippen molar-refractivity contribution in [2.24, 2.45) is 0 Å². The van der Waals surface area contributed by atoms with Gasteiger partial charge in [0.05, 0.1) is 47.6 Å². The Hall–Kier alpha value is -3.38. The molecular formula is C23H26N2O6S. The van der Waals surface area contributed by atoms with Gasteiger partial charge in [0.15, 0.2) is 11.5 Å². The number of thioether (sulfide) groups is 1. The van der Waals surface area contributed by atoms with E-state index >= 15 is 0 Å². The number of nitrogens with zero attached hydrogens (tertiary/aromatic N) is 1. The number of dihydropyridines is 1. The van der Waals surface area contributed by atoms with Gasteiger partial charge in [-0.25, -0.2) is 4.79 Å². The molecule has 1 heterocycles. The second-order valence-electron chi connectivity index (χ2n) is 6.78. The zero-order valence-electron chi connectivity index (χ0n) is 18.3. The first-order valence-electron chi connectivity index (χ1n) is 9.93. The van der Waals surface area contributed by atoms with E-state index in [1.165, 1.54) is 19.3 Å². The van der Waals surface area contributed by atoms with E-state index in [4.69, 9.17) is 14.2 Å². The quantitative estimate of drug-likeness (QED) is 0.401. The molecule has 0 spiro atoms. The first kappa shape index (κ1) is 24.9. The zero-order chi connectivity index (χ0) is 23.7. The van der Waals surface area contributed by atoms with Crippen molar-refractivity contribution >= 4 is 23.7 Å². The number of aromatic hydroxyl groups is 1. The van der Waals surface area contributed by atoms with Crippen molar-refractivity contribution in [3.05, 3.63) is 58.3 Å². The minimum absolute atomic E-state index is 0.00264. The van der Waals surface area contributed by atoms with Crippen LogP contribution < -0.4 is 10.1 Å². The van der Waals surface area contributed by atoms with Crippen LogP contribution in [0.3, 0.4) is 0 Å². The lowest BCUT2D eigenvalue weighted by molar-refractivity contribution is -0.140. The minimum atomic E-state index is -0.790. The molecule has 0 aliphatic carbocycles. The predicted octanol–water partition coefficient (Wildman–Crippen LogP) is 3.51. The molecule has 9 heteroatoms. The summed E-state index contributed by atoms with van der Waals surface area (Å²) >= 11 is 1.12. The van der Waals surface area contributed by atoms with Crippen molar-refractivity contribution in [1.29, 1.82) is 5.26 Å². The van der Waals surface area contributed by atoms with Gasteiger partial charge in [-0.3, -0.25) is 4.79 Å². The lowest BCUT2D eigenvalue weighted by Crippen LogP contribution is -2.29. The van der Waals surface area contributed by atoms with Crippen LogP contribution in [0.1, 0.15) is 31.7 Å². The summed E-state index contributed by atoms with van der Waals surface area (Å²) < 4.78 is 15.6. The molecule has 0 fully saturated rings. The SMILES string of the molecule is C=CCOC(=O)C1=C(C)NC(SCC(=O)OCCC)=C(C#N)[C@H]1c1ccc(O)c(OC)c1. The van der Waals surface area contributed by atoms with Crippen LogP contribution in [0.5, 0.6) is 11.5 Å². The third-order valence-corrected chi connectivity index (χ3v) is 5.53. The molecule has 0 saturated carbocycles. The number of allylic oxidation sites excluding steroid dienone is 2. The fourth-order valence-corrected chi connectivity index (χ4v) is 3.99. The Balaban J connectivity index is 2.52. The second kappa shape index (κ2) is 11.9. The van der Waals surface area contributed by atoms with Crippen molar-refractivity contribution in [2.75, 3.05) is 26.1 Å². The first-order chi connectivity index (χ1) is 15.4. The molecule has 0 saturated heterocycles. The molecule has 1 aromatic carbocycles. The van der Waals surface area contributed by atoms with Crippen LogP contribution in [-0.2, 0) is 19.1 Å². The third kappa shape index (κ3) is 5.86. The van der Waals surface area contributed by atoms with Crippen LogP contribution in [0.25, 0.3) is 0 Å². The molecule has 8 nitrogen and oxygen atoms in total. The van der Waals surface area contributed by atoms with E-state index in [0.29, 0.717) is 29.3 Å². The number of hydrogen-bond donors (Lipinski definition) is 2. The van der Waals surface area contributed by atoms with E-state index in [9.17, 15) is 20.0 Å². The summed E-state index contributed by atoms with van der Waals surface area (Å²) in [6.07, 6.45) is 2.16. The maximum absolute atomic E-state index is 12.9. The number of methoxy groups -OCH3 is 1. The molecule has 0 amide bonds. The summed E-state index contributed by atoms with van der Waals surface area (Å²) in [6.45, 7) is 7.48. The molecule has 2 N–H and O–H groups in total. The maximum Gasteiger partial charge on any atom is 0.337 e. The van der Waals surface area contributed by atoms with E-state index in [-0.39, 0.29) is 35.0 Å². The molecule has 2 rings (SSSR count). The van der Waals surface area contributed by atoms with Crippen LogP contribution in [0.4, 0.5) is 0 Å². The number of carbonyl (C=O) groups excluding carboxylic acids is 2. The lowest BCUT2D eigenvalue weighted by Gasteiger charge is -2.29. The number of phenols is 1. The van der Waals surface area contributed by atoms with Gasteiger partial charge in [-0.15, -0.1) is 0 Å². The van der Waals surface area contributed by atoms with E-state index in [1.54, 1.807) is 19.1 Å². The smallest absolute Gasteiger partial charge is 0.337 e. The molecule has 170 valence electrons. The summed E-state index contributed by atoms with van der Waals surface area (Å²) in [4.78, 5) is 24.8. The van der Waals surface area contributed by atoms with E-state index in [0.717, 1.165) is 11.8 Å². The predicted molar refractivity (Wildman–Crippen MR) is 121 cm³/mol. The van der Waals surface area contributed by atoms with Crippen LogP contribution in [0, 0.1) is 11.3 Å². The number of carbonyl (C=O) groups is 2. The number of nitrogens with one attached hydrogen (secondary N) is 1. The Bertz CT molecular complexity index is 993. The molecule has 32 heavy (non-hydrogen) atoms. The summed E-state index contributed by atoms with van der Waals surface area (Å²) in [5.74, 6) is -1.66. The Labute approximate surface area is 191 Å². The summed E-state index contributed by atoms with van der Waals surface area (Å²) in [7, 11) is 1.41. The van der Waals surface area contributed by atoms with Gasteiger partial charge in [0.25, 0.3) is 0 Å². The highest BCUT2D eigenvalue weighted by atomic mass is 32.2. The number of ether oxygens (including phenoxy) is 3.